The minimum absolute atomic E-state index is 0.269. The number of halogens is 1. The molecular weight excluding hydrogens is 124 g/mol. The van der Waals surface area contributed by atoms with Crippen LogP contribution in [0.2, 0.25) is 0 Å². The maximum Gasteiger partial charge on any atom is 0.0434 e. The van der Waals surface area contributed by atoms with E-state index in [4.69, 9.17) is 16.7 Å². The Hall–Kier alpha value is 0.250. The van der Waals surface area contributed by atoms with Crippen LogP contribution in [0.15, 0.2) is 0 Å². The van der Waals surface area contributed by atoms with E-state index in [1.165, 1.54) is 0 Å². The van der Waals surface area contributed by atoms with Gasteiger partial charge < -0.3 is 5.11 Å². The van der Waals surface area contributed by atoms with E-state index < -0.39 is 0 Å². The number of rotatable bonds is 4. The monoisotopic (exact) mass is 136 g/mol. The molecule has 0 aliphatic heterocycles. The average Bonchev–Trinajstić information content (AvgIpc) is 1.83. The van der Waals surface area contributed by atoms with Gasteiger partial charge in [-0.05, 0) is 12.3 Å². The van der Waals surface area contributed by atoms with Gasteiger partial charge in [-0.3, -0.25) is 0 Å². The van der Waals surface area contributed by atoms with Gasteiger partial charge in [0.15, 0.2) is 0 Å². The summed E-state index contributed by atoms with van der Waals surface area (Å²) >= 11 is 5.54. The van der Waals surface area contributed by atoms with E-state index in [0.29, 0.717) is 11.8 Å². The molecule has 0 heterocycles. The highest BCUT2D eigenvalue weighted by molar-refractivity contribution is 6.18. The SMILES string of the molecule is CCC(CCl)CCO. The zero-order chi connectivity index (χ0) is 6.41. The van der Waals surface area contributed by atoms with Crippen LogP contribution in [-0.2, 0) is 0 Å². The highest BCUT2D eigenvalue weighted by Crippen LogP contribution is 2.08. The van der Waals surface area contributed by atoms with E-state index in [-0.39, 0.29) is 6.61 Å². The Kier molecular flexibility index (Phi) is 5.56. The average molecular weight is 137 g/mol. The lowest BCUT2D eigenvalue weighted by Crippen LogP contribution is -2.02. The molecule has 0 saturated heterocycles. The van der Waals surface area contributed by atoms with E-state index >= 15 is 0 Å². The van der Waals surface area contributed by atoms with Crippen LogP contribution in [0.5, 0.6) is 0 Å². The zero-order valence-electron chi connectivity index (χ0n) is 5.23. The quantitative estimate of drug-likeness (QED) is 0.583. The number of aliphatic hydroxyl groups excluding tert-OH is 1. The maximum atomic E-state index is 8.44. The molecular formula is C6H13ClO. The molecule has 2 heteroatoms. The summed E-state index contributed by atoms with van der Waals surface area (Å²) in [6.07, 6.45) is 1.92. The molecule has 0 spiro atoms. The van der Waals surface area contributed by atoms with E-state index in [2.05, 4.69) is 6.92 Å². The summed E-state index contributed by atoms with van der Waals surface area (Å²) < 4.78 is 0. The molecule has 0 aromatic heterocycles. The minimum atomic E-state index is 0.269. The van der Waals surface area contributed by atoms with Gasteiger partial charge in [-0.25, -0.2) is 0 Å². The van der Waals surface area contributed by atoms with Gasteiger partial charge in [0.2, 0.25) is 0 Å². The number of alkyl halides is 1. The molecule has 0 saturated carbocycles. The molecule has 1 atom stereocenters. The minimum Gasteiger partial charge on any atom is -0.396 e. The van der Waals surface area contributed by atoms with Crippen molar-refractivity contribution in [3.8, 4) is 0 Å². The molecule has 0 fully saturated rings. The third-order valence-corrected chi connectivity index (χ3v) is 1.77. The van der Waals surface area contributed by atoms with Gasteiger partial charge in [-0.1, -0.05) is 13.3 Å². The molecule has 0 bridgehead atoms. The van der Waals surface area contributed by atoms with Crippen LogP contribution in [0, 0.1) is 5.92 Å². The fourth-order valence-electron chi connectivity index (χ4n) is 0.573. The maximum absolute atomic E-state index is 8.44. The Labute approximate surface area is 55.7 Å². The topological polar surface area (TPSA) is 20.2 Å². The normalized spacial score (nSPS) is 13.9. The van der Waals surface area contributed by atoms with Crippen LogP contribution < -0.4 is 0 Å². The summed E-state index contributed by atoms with van der Waals surface area (Å²) in [7, 11) is 0. The van der Waals surface area contributed by atoms with Gasteiger partial charge in [0.25, 0.3) is 0 Å². The van der Waals surface area contributed by atoms with Crippen molar-refractivity contribution in [2.75, 3.05) is 12.5 Å². The van der Waals surface area contributed by atoms with Crippen molar-refractivity contribution >= 4 is 11.6 Å². The predicted molar refractivity (Wildman–Crippen MR) is 36.2 cm³/mol. The third-order valence-electron chi connectivity index (χ3n) is 1.33. The van der Waals surface area contributed by atoms with Crippen LogP contribution in [0.3, 0.4) is 0 Å². The van der Waals surface area contributed by atoms with E-state index in [9.17, 15) is 0 Å². The Morgan fingerprint density at radius 2 is 2.25 bits per heavy atom. The second-order valence-corrected chi connectivity index (χ2v) is 2.25. The lowest BCUT2D eigenvalue weighted by atomic mass is 10.1. The fourth-order valence-corrected chi connectivity index (χ4v) is 0.945. The van der Waals surface area contributed by atoms with Crippen molar-refractivity contribution in [1.82, 2.24) is 0 Å². The first-order chi connectivity index (χ1) is 3.85. The van der Waals surface area contributed by atoms with Gasteiger partial charge >= 0.3 is 0 Å². The lowest BCUT2D eigenvalue weighted by Gasteiger charge is -2.06. The van der Waals surface area contributed by atoms with Crippen LogP contribution in [0.4, 0.5) is 0 Å². The van der Waals surface area contributed by atoms with Crippen molar-refractivity contribution in [3.63, 3.8) is 0 Å². The molecule has 0 aromatic carbocycles. The largest absolute Gasteiger partial charge is 0.396 e. The van der Waals surface area contributed by atoms with Gasteiger partial charge in [0, 0.05) is 12.5 Å². The van der Waals surface area contributed by atoms with E-state index in [0.717, 1.165) is 12.8 Å². The molecule has 8 heavy (non-hydrogen) atoms. The molecule has 1 N–H and O–H groups in total. The van der Waals surface area contributed by atoms with Crippen molar-refractivity contribution in [2.24, 2.45) is 5.92 Å². The summed E-state index contributed by atoms with van der Waals surface area (Å²) in [4.78, 5) is 0. The van der Waals surface area contributed by atoms with Crippen LogP contribution >= 0.6 is 11.6 Å². The molecule has 1 nitrogen and oxygen atoms in total. The molecule has 1 unspecified atom stereocenters. The molecule has 0 aliphatic carbocycles. The van der Waals surface area contributed by atoms with Gasteiger partial charge in [-0.2, -0.15) is 0 Å². The van der Waals surface area contributed by atoms with Crippen molar-refractivity contribution in [1.29, 1.82) is 0 Å². The molecule has 0 aromatic rings. The third kappa shape index (κ3) is 3.28. The smallest absolute Gasteiger partial charge is 0.0434 e. The molecule has 0 radical (unpaired) electrons. The van der Waals surface area contributed by atoms with Gasteiger partial charge in [0.1, 0.15) is 0 Å². The predicted octanol–water partition coefficient (Wildman–Crippen LogP) is 1.63. The number of aliphatic hydroxyl groups is 1. The van der Waals surface area contributed by atoms with Gasteiger partial charge in [0.05, 0.1) is 0 Å². The van der Waals surface area contributed by atoms with Crippen molar-refractivity contribution < 1.29 is 5.11 Å². The first-order valence-corrected chi connectivity index (χ1v) is 3.55. The standard InChI is InChI=1S/C6H13ClO/c1-2-6(5-7)3-4-8/h6,8H,2-5H2,1H3. The highest BCUT2D eigenvalue weighted by atomic mass is 35.5. The fraction of sp³-hybridized carbons (Fsp3) is 1.00. The van der Waals surface area contributed by atoms with E-state index in [1.54, 1.807) is 0 Å². The summed E-state index contributed by atoms with van der Waals surface area (Å²) in [6, 6.07) is 0. The second-order valence-electron chi connectivity index (χ2n) is 1.94. The number of hydrogen-bond acceptors (Lipinski definition) is 1. The Bertz CT molecular complexity index is 43.8. The van der Waals surface area contributed by atoms with Crippen LogP contribution in [0.1, 0.15) is 19.8 Å². The van der Waals surface area contributed by atoms with Crippen LogP contribution in [-0.4, -0.2) is 17.6 Å². The van der Waals surface area contributed by atoms with Crippen molar-refractivity contribution in [3.05, 3.63) is 0 Å². The van der Waals surface area contributed by atoms with Gasteiger partial charge in [-0.15, -0.1) is 11.6 Å². The zero-order valence-corrected chi connectivity index (χ0v) is 5.99. The molecule has 0 amide bonds. The second kappa shape index (κ2) is 5.39. The Morgan fingerprint density at radius 1 is 1.62 bits per heavy atom. The summed E-state index contributed by atoms with van der Waals surface area (Å²) in [6.45, 7) is 2.36. The summed E-state index contributed by atoms with van der Waals surface area (Å²) in [5.41, 5.74) is 0. The first kappa shape index (κ1) is 8.25. The number of hydrogen-bond donors (Lipinski definition) is 1. The Morgan fingerprint density at radius 3 is 2.38 bits per heavy atom. The van der Waals surface area contributed by atoms with E-state index in [1.807, 2.05) is 0 Å². The van der Waals surface area contributed by atoms with Crippen molar-refractivity contribution in [2.45, 2.75) is 19.8 Å². The van der Waals surface area contributed by atoms with Crippen LogP contribution in [0.25, 0.3) is 0 Å². The molecule has 0 rings (SSSR count). The highest BCUT2D eigenvalue weighted by Gasteiger charge is 2.00. The first-order valence-electron chi connectivity index (χ1n) is 3.02. The lowest BCUT2D eigenvalue weighted by molar-refractivity contribution is 0.261. The molecule has 0 aliphatic rings. The molecule has 50 valence electrons. The summed E-state index contributed by atoms with van der Waals surface area (Å²) in [5.74, 6) is 1.19. The summed E-state index contributed by atoms with van der Waals surface area (Å²) in [5, 5.41) is 8.44. The Balaban J connectivity index is 3.07.